The highest BCUT2D eigenvalue weighted by atomic mass is 16.5. The van der Waals surface area contributed by atoms with Crippen LogP contribution < -0.4 is 15.8 Å². The first kappa shape index (κ1) is 18.6. The molecule has 0 atom stereocenters. The lowest BCUT2D eigenvalue weighted by atomic mass is 10.2. The molecule has 5 aromatic rings. The molecule has 3 aromatic carbocycles. The Bertz CT molecular complexity index is 1360. The molecule has 0 fully saturated rings. The number of ether oxygens (including phenoxy) is 1. The van der Waals surface area contributed by atoms with Gasteiger partial charge in [-0.05, 0) is 67.1 Å². The lowest BCUT2D eigenvalue weighted by molar-refractivity contribution is 0.483. The van der Waals surface area contributed by atoms with Crippen LogP contribution in [-0.2, 0) is 0 Å². The SMILES string of the molecule is Cc1cccc(Nc2n[nH]c(-c3ccc(Oc4ccc5nc(N)ncc5c4)cc3)n2)c1. The fraction of sp³-hybridized carbons (Fsp3) is 0.0435. The summed E-state index contributed by atoms with van der Waals surface area (Å²) in [5.74, 6) is 2.83. The molecule has 0 aliphatic carbocycles. The Balaban J connectivity index is 1.30. The third-order valence-corrected chi connectivity index (χ3v) is 4.69. The van der Waals surface area contributed by atoms with Gasteiger partial charge >= 0.3 is 0 Å². The Morgan fingerprint density at radius 1 is 0.935 bits per heavy atom. The van der Waals surface area contributed by atoms with Crippen molar-refractivity contribution in [3.63, 3.8) is 0 Å². The molecular formula is C23H19N7O. The maximum atomic E-state index is 5.96. The predicted molar refractivity (Wildman–Crippen MR) is 120 cm³/mol. The standard InChI is InChI=1S/C23H19N7O/c1-14-3-2-4-17(11-14)26-23-28-21(29-30-23)15-5-7-18(8-6-15)31-19-9-10-20-16(12-19)13-25-22(24)27-20/h2-13H,1H3,(H2,24,25,27)(H2,26,28,29,30). The zero-order chi connectivity index (χ0) is 21.2. The van der Waals surface area contributed by atoms with E-state index in [4.69, 9.17) is 10.5 Å². The molecule has 152 valence electrons. The number of hydrogen-bond acceptors (Lipinski definition) is 7. The molecule has 2 heterocycles. The van der Waals surface area contributed by atoms with Gasteiger partial charge in [0.25, 0.3) is 0 Å². The van der Waals surface area contributed by atoms with E-state index in [0.717, 1.165) is 22.2 Å². The average Bonchev–Trinajstić information content (AvgIpc) is 3.23. The van der Waals surface area contributed by atoms with Crippen LogP contribution in [0.25, 0.3) is 22.3 Å². The Morgan fingerprint density at radius 3 is 2.61 bits per heavy atom. The Morgan fingerprint density at radius 2 is 1.77 bits per heavy atom. The zero-order valence-corrected chi connectivity index (χ0v) is 16.7. The smallest absolute Gasteiger partial charge is 0.246 e. The highest BCUT2D eigenvalue weighted by Gasteiger charge is 2.07. The highest BCUT2D eigenvalue weighted by molar-refractivity contribution is 5.80. The first-order valence-corrected chi connectivity index (χ1v) is 9.69. The summed E-state index contributed by atoms with van der Waals surface area (Å²) in [6, 6.07) is 21.2. The minimum Gasteiger partial charge on any atom is -0.457 e. The van der Waals surface area contributed by atoms with Crippen LogP contribution in [0.1, 0.15) is 5.56 Å². The molecule has 31 heavy (non-hydrogen) atoms. The topological polar surface area (TPSA) is 115 Å². The quantitative estimate of drug-likeness (QED) is 0.380. The van der Waals surface area contributed by atoms with E-state index in [0.29, 0.717) is 23.3 Å². The summed E-state index contributed by atoms with van der Waals surface area (Å²) in [5.41, 5.74) is 9.41. The molecule has 2 aromatic heterocycles. The highest BCUT2D eigenvalue weighted by Crippen LogP contribution is 2.27. The molecular weight excluding hydrogens is 390 g/mol. The number of aryl methyl sites for hydroxylation is 1. The number of anilines is 3. The van der Waals surface area contributed by atoms with Crippen LogP contribution in [0.2, 0.25) is 0 Å². The van der Waals surface area contributed by atoms with Gasteiger partial charge in [-0.3, -0.25) is 5.10 Å². The number of nitrogens with one attached hydrogen (secondary N) is 2. The molecule has 0 spiro atoms. The second kappa shape index (κ2) is 7.75. The van der Waals surface area contributed by atoms with Crippen molar-refractivity contribution in [3.05, 3.63) is 78.5 Å². The van der Waals surface area contributed by atoms with Crippen LogP contribution in [0.15, 0.2) is 72.9 Å². The van der Waals surface area contributed by atoms with Gasteiger partial charge in [0.1, 0.15) is 11.5 Å². The third kappa shape index (κ3) is 4.13. The van der Waals surface area contributed by atoms with Crippen molar-refractivity contribution in [1.29, 1.82) is 0 Å². The number of fused-ring (bicyclic) bond motifs is 1. The summed E-state index contributed by atoms with van der Waals surface area (Å²) in [6.45, 7) is 2.04. The van der Waals surface area contributed by atoms with Gasteiger partial charge in [-0.2, -0.15) is 4.98 Å². The Kier molecular flexibility index (Phi) is 4.64. The van der Waals surface area contributed by atoms with Crippen molar-refractivity contribution in [2.24, 2.45) is 0 Å². The summed E-state index contributed by atoms with van der Waals surface area (Å²) >= 11 is 0. The van der Waals surface area contributed by atoms with Gasteiger partial charge < -0.3 is 15.8 Å². The minimum atomic E-state index is 0.251. The molecule has 4 N–H and O–H groups in total. The molecule has 0 unspecified atom stereocenters. The number of nitrogens with two attached hydrogens (primary N) is 1. The molecule has 0 amide bonds. The van der Waals surface area contributed by atoms with E-state index in [1.165, 1.54) is 5.56 Å². The molecule has 0 aliphatic rings. The summed E-state index contributed by atoms with van der Waals surface area (Å²) in [7, 11) is 0. The van der Waals surface area contributed by atoms with Gasteiger partial charge in [-0.15, -0.1) is 5.10 Å². The molecule has 8 nitrogen and oxygen atoms in total. The van der Waals surface area contributed by atoms with Gasteiger partial charge in [0.2, 0.25) is 11.9 Å². The first-order valence-electron chi connectivity index (χ1n) is 9.69. The van der Waals surface area contributed by atoms with E-state index in [9.17, 15) is 0 Å². The van der Waals surface area contributed by atoms with Crippen molar-refractivity contribution in [1.82, 2.24) is 25.1 Å². The summed E-state index contributed by atoms with van der Waals surface area (Å²) < 4.78 is 5.96. The monoisotopic (exact) mass is 409 g/mol. The van der Waals surface area contributed by atoms with Crippen LogP contribution in [0.5, 0.6) is 11.5 Å². The van der Waals surface area contributed by atoms with Crippen LogP contribution >= 0.6 is 0 Å². The second-order valence-corrected chi connectivity index (χ2v) is 7.08. The van der Waals surface area contributed by atoms with Gasteiger partial charge in [0.15, 0.2) is 5.82 Å². The normalized spacial score (nSPS) is 10.9. The van der Waals surface area contributed by atoms with Gasteiger partial charge in [-0.1, -0.05) is 12.1 Å². The van der Waals surface area contributed by atoms with Crippen molar-refractivity contribution in [2.45, 2.75) is 6.92 Å². The average molecular weight is 409 g/mol. The fourth-order valence-corrected chi connectivity index (χ4v) is 3.20. The first-order chi connectivity index (χ1) is 15.1. The number of benzene rings is 3. The molecule has 0 radical (unpaired) electrons. The van der Waals surface area contributed by atoms with Gasteiger partial charge in [-0.25, -0.2) is 9.97 Å². The van der Waals surface area contributed by atoms with Crippen LogP contribution in [0.4, 0.5) is 17.6 Å². The van der Waals surface area contributed by atoms with Gasteiger partial charge in [0, 0.05) is 22.8 Å². The maximum Gasteiger partial charge on any atom is 0.246 e. The van der Waals surface area contributed by atoms with E-state index in [2.05, 4.69) is 30.5 Å². The summed E-state index contributed by atoms with van der Waals surface area (Å²) in [6.07, 6.45) is 1.68. The lowest BCUT2D eigenvalue weighted by Gasteiger charge is -2.07. The maximum absolute atomic E-state index is 5.96. The molecule has 0 saturated heterocycles. The Hall–Kier alpha value is -4.46. The van der Waals surface area contributed by atoms with Crippen LogP contribution in [-0.4, -0.2) is 25.1 Å². The lowest BCUT2D eigenvalue weighted by Crippen LogP contribution is -1.94. The van der Waals surface area contributed by atoms with Crippen LogP contribution in [0.3, 0.4) is 0 Å². The number of rotatable bonds is 5. The van der Waals surface area contributed by atoms with Crippen molar-refractivity contribution >= 4 is 28.5 Å². The van der Waals surface area contributed by atoms with E-state index in [1.54, 1.807) is 6.20 Å². The predicted octanol–water partition coefficient (Wildman–Crippen LogP) is 4.84. The molecule has 5 rings (SSSR count). The number of hydrogen-bond donors (Lipinski definition) is 3. The van der Waals surface area contributed by atoms with E-state index < -0.39 is 0 Å². The zero-order valence-electron chi connectivity index (χ0n) is 16.7. The largest absolute Gasteiger partial charge is 0.457 e. The number of aromatic nitrogens is 5. The number of nitrogen functional groups attached to an aromatic ring is 1. The summed E-state index contributed by atoms with van der Waals surface area (Å²) in [4.78, 5) is 12.7. The van der Waals surface area contributed by atoms with E-state index >= 15 is 0 Å². The van der Waals surface area contributed by atoms with Crippen molar-refractivity contribution in [2.75, 3.05) is 11.1 Å². The second-order valence-electron chi connectivity index (χ2n) is 7.08. The van der Waals surface area contributed by atoms with Crippen LogP contribution in [0, 0.1) is 6.92 Å². The molecule has 0 aliphatic heterocycles. The van der Waals surface area contributed by atoms with Gasteiger partial charge in [0.05, 0.1) is 5.52 Å². The summed E-state index contributed by atoms with van der Waals surface area (Å²) in [5, 5.41) is 11.3. The minimum absolute atomic E-state index is 0.251. The number of nitrogens with zero attached hydrogens (tertiary/aromatic N) is 4. The fourth-order valence-electron chi connectivity index (χ4n) is 3.20. The molecule has 0 bridgehead atoms. The molecule has 0 saturated carbocycles. The number of aromatic amines is 1. The Labute approximate surface area is 178 Å². The van der Waals surface area contributed by atoms with E-state index in [-0.39, 0.29) is 5.95 Å². The van der Waals surface area contributed by atoms with E-state index in [1.807, 2.05) is 73.7 Å². The third-order valence-electron chi connectivity index (χ3n) is 4.69. The van der Waals surface area contributed by atoms with Crippen molar-refractivity contribution in [3.8, 4) is 22.9 Å². The number of H-pyrrole nitrogens is 1. The van der Waals surface area contributed by atoms with Crippen molar-refractivity contribution < 1.29 is 4.74 Å². The molecule has 8 heteroatoms.